The fourth-order valence-corrected chi connectivity index (χ4v) is 4.56. The maximum absolute atomic E-state index is 12.7. The van der Waals surface area contributed by atoms with Crippen LogP contribution in [-0.2, 0) is 16.6 Å². The zero-order valence-electron chi connectivity index (χ0n) is 14.3. The van der Waals surface area contributed by atoms with Crippen molar-refractivity contribution in [3.8, 4) is 0 Å². The molecule has 1 aliphatic heterocycles. The van der Waals surface area contributed by atoms with Crippen molar-refractivity contribution in [1.29, 1.82) is 0 Å². The molecule has 1 fully saturated rings. The molecule has 1 aromatic heterocycles. The Morgan fingerprint density at radius 3 is 2.85 bits per heavy atom. The highest BCUT2D eigenvalue weighted by molar-refractivity contribution is 7.89. The van der Waals surface area contributed by atoms with Crippen LogP contribution in [0.2, 0.25) is 0 Å². The van der Waals surface area contributed by atoms with Gasteiger partial charge in [0.25, 0.3) is 5.91 Å². The first-order chi connectivity index (χ1) is 12.0. The van der Waals surface area contributed by atoms with Gasteiger partial charge in [-0.15, -0.1) is 23.7 Å². The average molecular weight is 416 g/mol. The van der Waals surface area contributed by atoms with Crippen LogP contribution in [0.1, 0.15) is 22.2 Å². The van der Waals surface area contributed by atoms with Crippen LogP contribution < -0.4 is 10.0 Å². The third kappa shape index (κ3) is 4.83. The van der Waals surface area contributed by atoms with Crippen molar-refractivity contribution in [2.24, 2.45) is 0 Å². The normalized spacial score (nSPS) is 17.6. The van der Waals surface area contributed by atoms with Gasteiger partial charge in [0, 0.05) is 42.7 Å². The first kappa shape index (κ1) is 20.9. The van der Waals surface area contributed by atoms with Crippen molar-refractivity contribution in [2.75, 3.05) is 19.6 Å². The summed E-state index contributed by atoms with van der Waals surface area (Å²) in [6, 6.07) is 10.1. The molecule has 142 valence electrons. The van der Waals surface area contributed by atoms with Gasteiger partial charge in [0.15, 0.2) is 0 Å². The van der Waals surface area contributed by atoms with E-state index in [0.29, 0.717) is 12.1 Å². The summed E-state index contributed by atoms with van der Waals surface area (Å²) in [5, 5.41) is 5.14. The summed E-state index contributed by atoms with van der Waals surface area (Å²) in [4.78, 5) is 15.5. The third-order valence-electron chi connectivity index (χ3n) is 4.17. The monoisotopic (exact) mass is 415 g/mol. The molecule has 1 atom stereocenters. The van der Waals surface area contributed by atoms with Crippen LogP contribution in [-0.4, -0.2) is 44.9 Å². The number of hydrogen-bond acceptors (Lipinski definition) is 5. The Labute approximate surface area is 164 Å². The van der Waals surface area contributed by atoms with Crippen LogP contribution in [0.15, 0.2) is 46.7 Å². The number of thiophene rings is 1. The summed E-state index contributed by atoms with van der Waals surface area (Å²) >= 11 is 1.49. The van der Waals surface area contributed by atoms with E-state index in [2.05, 4.69) is 10.0 Å². The van der Waals surface area contributed by atoms with E-state index in [1.165, 1.54) is 23.5 Å². The fourth-order valence-electron chi connectivity index (χ4n) is 2.77. The lowest BCUT2D eigenvalue weighted by Gasteiger charge is -2.34. The summed E-state index contributed by atoms with van der Waals surface area (Å²) in [5.74, 6) is -0.135. The van der Waals surface area contributed by atoms with Gasteiger partial charge in [-0.2, -0.15) is 0 Å². The Hall–Kier alpha value is -1.45. The van der Waals surface area contributed by atoms with Crippen molar-refractivity contribution in [1.82, 2.24) is 14.9 Å². The largest absolute Gasteiger partial charge is 0.333 e. The van der Waals surface area contributed by atoms with Crippen LogP contribution >= 0.6 is 23.7 Å². The predicted molar refractivity (Wildman–Crippen MR) is 105 cm³/mol. The van der Waals surface area contributed by atoms with E-state index >= 15 is 0 Å². The molecule has 1 saturated heterocycles. The molecular formula is C17H22ClN3O3S2. The lowest BCUT2D eigenvalue weighted by atomic mass is 10.1. The number of carbonyl (C=O) groups is 1. The molecule has 0 bridgehead atoms. The first-order valence-electron chi connectivity index (χ1n) is 8.11. The maximum atomic E-state index is 12.7. The van der Waals surface area contributed by atoms with Crippen molar-refractivity contribution >= 4 is 39.7 Å². The van der Waals surface area contributed by atoms with Crippen molar-refractivity contribution in [3.63, 3.8) is 0 Å². The molecule has 0 spiro atoms. The Kier molecular flexibility index (Phi) is 7.19. The third-order valence-corrected chi connectivity index (χ3v) is 6.45. The highest BCUT2D eigenvalue weighted by atomic mass is 35.5. The van der Waals surface area contributed by atoms with E-state index in [1.54, 1.807) is 17.0 Å². The standard InChI is InChI=1S/C17H21N3O3S2.ClH/c1-13-11-18-7-8-20(13)17(21)14-4-2-6-16(10-14)25(22,23)19-12-15-5-3-9-24-15;/h2-6,9-10,13,18-19H,7-8,11-12H2,1H3;1H/t13-;/m0./s1. The van der Waals surface area contributed by atoms with E-state index in [9.17, 15) is 13.2 Å². The van der Waals surface area contributed by atoms with Crippen LogP contribution in [0.3, 0.4) is 0 Å². The van der Waals surface area contributed by atoms with Gasteiger partial charge in [0.1, 0.15) is 0 Å². The van der Waals surface area contributed by atoms with E-state index in [1.807, 2.05) is 24.4 Å². The van der Waals surface area contributed by atoms with Gasteiger partial charge in [-0.05, 0) is 36.6 Å². The molecule has 9 heteroatoms. The molecule has 2 aromatic rings. The number of nitrogens with zero attached hydrogens (tertiary/aromatic N) is 1. The van der Waals surface area contributed by atoms with E-state index < -0.39 is 10.0 Å². The number of rotatable bonds is 5. The average Bonchev–Trinajstić information content (AvgIpc) is 3.14. The Balaban J connectivity index is 0.00000243. The van der Waals surface area contributed by atoms with Crippen LogP contribution in [0.5, 0.6) is 0 Å². The maximum Gasteiger partial charge on any atom is 0.254 e. The van der Waals surface area contributed by atoms with Crippen molar-refractivity contribution in [2.45, 2.75) is 24.4 Å². The van der Waals surface area contributed by atoms with Gasteiger partial charge in [-0.25, -0.2) is 13.1 Å². The smallest absolute Gasteiger partial charge is 0.254 e. The number of carbonyl (C=O) groups excluding carboxylic acids is 1. The predicted octanol–water partition coefficient (Wildman–Crippen LogP) is 2.08. The Morgan fingerprint density at radius 2 is 2.15 bits per heavy atom. The number of nitrogens with one attached hydrogen (secondary N) is 2. The highest BCUT2D eigenvalue weighted by Crippen LogP contribution is 2.16. The van der Waals surface area contributed by atoms with Gasteiger partial charge in [0.05, 0.1) is 4.90 Å². The van der Waals surface area contributed by atoms with Crippen LogP contribution in [0, 0.1) is 0 Å². The molecule has 0 aliphatic carbocycles. The van der Waals surface area contributed by atoms with E-state index in [0.717, 1.165) is 18.0 Å². The number of benzene rings is 1. The van der Waals surface area contributed by atoms with E-state index in [-0.39, 0.29) is 35.8 Å². The molecule has 0 saturated carbocycles. The number of halogens is 1. The number of sulfonamides is 1. The highest BCUT2D eigenvalue weighted by Gasteiger charge is 2.25. The minimum atomic E-state index is -3.66. The van der Waals surface area contributed by atoms with Gasteiger partial charge in [0.2, 0.25) is 10.0 Å². The molecule has 0 radical (unpaired) electrons. The molecule has 1 aliphatic rings. The zero-order valence-corrected chi connectivity index (χ0v) is 16.8. The Bertz CT molecular complexity index is 841. The lowest BCUT2D eigenvalue weighted by molar-refractivity contribution is 0.0655. The number of piperazine rings is 1. The SMILES string of the molecule is C[C@H]1CNCCN1C(=O)c1cccc(S(=O)(=O)NCc2cccs2)c1.Cl. The minimum absolute atomic E-state index is 0. The molecule has 26 heavy (non-hydrogen) atoms. The van der Waals surface area contributed by atoms with Gasteiger partial charge in [-0.1, -0.05) is 12.1 Å². The van der Waals surface area contributed by atoms with Gasteiger partial charge in [-0.3, -0.25) is 4.79 Å². The summed E-state index contributed by atoms with van der Waals surface area (Å²) in [6.07, 6.45) is 0. The number of hydrogen-bond donors (Lipinski definition) is 2. The molecule has 2 heterocycles. The molecule has 0 unspecified atom stereocenters. The second kappa shape index (κ2) is 8.96. The van der Waals surface area contributed by atoms with Gasteiger partial charge < -0.3 is 10.2 Å². The molecule has 3 rings (SSSR count). The summed E-state index contributed by atoms with van der Waals surface area (Å²) in [6.45, 7) is 4.33. The number of amides is 1. The van der Waals surface area contributed by atoms with Crippen LogP contribution in [0.25, 0.3) is 0 Å². The molecule has 1 amide bonds. The second-order valence-corrected chi connectivity index (χ2v) is 8.78. The second-order valence-electron chi connectivity index (χ2n) is 5.98. The van der Waals surface area contributed by atoms with E-state index in [4.69, 9.17) is 0 Å². The van der Waals surface area contributed by atoms with Gasteiger partial charge >= 0.3 is 0 Å². The first-order valence-corrected chi connectivity index (χ1v) is 10.5. The quantitative estimate of drug-likeness (QED) is 0.783. The molecule has 6 nitrogen and oxygen atoms in total. The molecule has 2 N–H and O–H groups in total. The summed E-state index contributed by atoms with van der Waals surface area (Å²) in [7, 11) is -3.66. The Morgan fingerprint density at radius 1 is 1.35 bits per heavy atom. The summed E-state index contributed by atoms with van der Waals surface area (Å²) < 4.78 is 27.6. The fraction of sp³-hybridized carbons (Fsp3) is 0.353. The van der Waals surface area contributed by atoms with Crippen molar-refractivity contribution < 1.29 is 13.2 Å². The molecule has 1 aromatic carbocycles. The minimum Gasteiger partial charge on any atom is -0.333 e. The van der Waals surface area contributed by atoms with Crippen LogP contribution in [0.4, 0.5) is 0 Å². The lowest BCUT2D eigenvalue weighted by Crippen LogP contribution is -2.52. The molecular weight excluding hydrogens is 394 g/mol. The topological polar surface area (TPSA) is 78.5 Å². The summed E-state index contributed by atoms with van der Waals surface area (Å²) in [5.41, 5.74) is 0.396. The van der Waals surface area contributed by atoms with Crippen molar-refractivity contribution in [3.05, 3.63) is 52.2 Å². The zero-order chi connectivity index (χ0) is 17.9.